The van der Waals surface area contributed by atoms with Crippen molar-refractivity contribution in [3.8, 4) is 0 Å². The van der Waals surface area contributed by atoms with Gasteiger partial charge in [-0.1, -0.05) is 0 Å². The summed E-state index contributed by atoms with van der Waals surface area (Å²) in [5, 5.41) is 5.33. The molecule has 1 aliphatic heterocycles. The molecule has 1 aromatic heterocycles. The highest BCUT2D eigenvalue weighted by Crippen LogP contribution is 2.17. The van der Waals surface area contributed by atoms with E-state index in [4.69, 9.17) is 4.74 Å². The third kappa shape index (κ3) is 4.09. The second kappa shape index (κ2) is 7.10. The Hall–Kier alpha value is -1.92. The minimum atomic E-state index is 0.0676. The number of hydrogen-bond acceptors (Lipinski definition) is 5. The molecule has 23 heavy (non-hydrogen) atoms. The largest absolute Gasteiger partial charge is 0.379 e. The van der Waals surface area contributed by atoms with Gasteiger partial charge in [-0.2, -0.15) is 0 Å². The Kier molecular flexibility index (Phi) is 4.93. The topological polar surface area (TPSA) is 54.5 Å². The average Bonchev–Trinajstić information content (AvgIpc) is 3.05. The van der Waals surface area contributed by atoms with Crippen LogP contribution in [0.25, 0.3) is 0 Å². The summed E-state index contributed by atoms with van der Waals surface area (Å²) < 4.78 is 5.68. The molecule has 1 N–H and O–H groups in total. The van der Waals surface area contributed by atoms with E-state index in [0.717, 1.165) is 11.4 Å². The van der Waals surface area contributed by atoms with Gasteiger partial charge >= 0.3 is 0 Å². The second-order valence-electron chi connectivity index (χ2n) is 5.88. The van der Waals surface area contributed by atoms with Crippen molar-refractivity contribution in [2.45, 2.75) is 32.6 Å². The molecule has 0 unspecified atom stereocenters. The highest BCUT2D eigenvalue weighted by molar-refractivity contribution is 7.07. The van der Waals surface area contributed by atoms with Crippen LogP contribution < -0.4 is 5.32 Å². The van der Waals surface area contributed by atoms with Gasteiger partial charge in [0.15, 0.2) is 0 Å². The van der Waals surface area contributed by atoms with E-state index in [1.807, 2.05) is 53.9 Å². The molecule has 1 saturated heterocycles. The molecule has 0 aliphatic carbocycles. The molecule has 0 radical (unpaired) electrons. The van der Waals surface area contributed by atoms with Crippen molar-refractivity contribution in [1.29, 1.82) is 0 Å². The summed E-state index contributed by atoms with van der Waals surface area (Å²) in [5.41, 5.74) is 4.54. The Morgan fingerprint density at radius 2 is 2.00 bits per heavy atom. The van der Waals surface area contributed by atoms with Crippen molar-refractivity contribution in [3.63, 3.8) is 0 Å². The zero-order valence-electron chi connectivity index (χ0n) is 13.4. The number of nitrogens with zero attached hydrogens (tertiary/aromatic N) is 2. The summed E-state index contributed by atoms with van der Waals surface area (Å²) >= 11 is 1.59. The fourth-order valence-electron chi connectivity index (χ4n) is 2.77. The number of carbonyl (C=O) groups is 1. The first-order valence-electron chi connectivity index (χ1n) is 7.77. The van der Waals surface area contributed by atoms with E-state index in [0.29, 0.717) is 25.2 Å². The molecule has 1 amide bonds. The molecular formula is C17H21N3O2S. The Bertz CT molecular complexity index is 632. The standard InChI is InChI=1S/C17H21N3O2S/c1-12-8-20(9-13(2)22-12)17(21)14-3-5-15(6-4-14)18-7-16-10-23-11-19-16/h3-6,10-13,18H,7-9H2,1-2H3/t12-,13-/m0/s1. The summed E-state index contributed by atoms with van der Waals surface area (Å²) in [4.78, 5) is 18.7. The summed E-state index contributed by atoms with van der Waals surface area (Å²) in [6.45, 7) is 5.98. The van der Waals surface area contributed by atoms with Gasteiger partial charge in [-0.25, -0.2) is 4.98 Å². The van der Waals surface area contributed by atoms with Crippen LogP contribution in [0.4, 0.5) is 5.69 Å². The number of amides is 1. The first-order valence-corrected chi connectivity index (χ1v) is 8.72. The molecule has 2 atom stereocenters. The number of nitrogens with one attached hydrogen (secondary N) is 1. The van der Waals surface area contributed by atoms with Crippen molar-refractivity contribution in [1.82, 2.24) is 9.88 Å². The first kappa shape index (κ1) is 16.0. The van der Waals surface area contributed by atoms with Gasteiger partial charge in [-0.15, -0.1) is 11.3 Å². The molecule has 122 valence electrons. The highest BCUT2D eigenvalue weighted by atomic mass is 32.1. The number of rotatable bonds is 4. The molecule has 1 aliphatic rings. The van der Waals surface area contributed by atoms with E-state index in [-0.39, 0.29) is 18.1 Å². The molecule has 6 heteroatoms. The zero-order chi connectivity index (χ0) is 16.2. The smallest absolute Gasteiger partial charge is 0.254 e. The predicted molar refractivity (Wildman–Crippen MR) is 91.8 cm³/mol. The molecule has 0 bridgehead atoms. The number of ether oxygens (including phenoxy) is 1. The number of thiazole rings is 1. The number of anilines is 1. The summed E-state index contributed by atoms with van der Waals surface area (Å²) in [7, 11) is 0. The molecule has 0 spiro atoms. The van der Waals surface area contributed by atoms with Gasteiger partial charge < -0.3 is 15.0 Å². The molecule has 2 aromatic rings. The lowest BCUT2D eigenvalue weighted by atomic mass is 10.1. The van der Waals surface area contributed by atoms with Gasteiger partial charge in [0, 0.05) is 29.7 Å². The first-order chi connectivity index (χ1) is 11.1. The van der Waals surface area contributed by atoms with Crippen LogP contribution >= 0.6 is 11.3 Å². The van der Waals surface area contributed by atoms with Gasteiger partial charge in [-0.3, -0.25) is 4.79 Å². The third-order valence-corrected chi connectivity index (χ3v) is 4.43. The number of carbonyl (C=O) groups excluding carboxylic acids is 1. The molecule has 5 nitrogen and oxygen atoms in total. The number of morpholine rings is 1. The zero-order valence-corrected chi connectivity index (χ0v) is 14.2. The monoisotopic (exact) mass is 331 g/mol. The third-order valence-electron chi connectivity index (χ3n) is 3.80. The maximum atomic E-state index is 12.6. The second-order valence-corrected chi connectivity index (χ2v) is 6.60. The Morgan fingerprint density at radius 1 is 1.30 bits per heavy atom. The Balaban J connectivity index is 1.61. The number of hydrogen-bond donors (Lipinski definition) is 1. The molecular weight excluding hydrogens is 310 g/mol. The minimum Gasteiger partial charge on any atom is -0.379 e. The van der Waals surface area contributed by atoms with Gasteiger partial charge in [0.05, 0.1) is 30.0 Å². The molecule has 0 saturated carbocycles. The molecule has 1 fully saturated rings. The van der Waals surface area contributed by atoms with Gasteiger partial charge in [0.25, 0.3) is 5.91 Å². The summed E-state index contributed by atoms with van der Waals surface area (Å²) in [6, 6.07) is 7.62. The van der Waals surface area contributed by atoms with Crippen LogP contribution in [0.15, 0.2) is 35.2 Å². The van der Waals surface area contributed by atoms with E-state index >= 15 is 0 Å². The van der Waals surface area contributed by atoms with Crippen molar-refractivity contribution >= 4 is 22.9 Å². The van der Waals surface area contributed by atoms with Gasteiger partial charge in [0.2, 0.25) is 0 Å². The average molecular weight is 331 g/mol. The maximum Gasteiger partial charge on any atom is 0.254 e. The summed E-state index contributed by atoms with van der Waals surface area (Å²) in [6.07, 6.45) is 0.170. The van der Waals surface area contributed by atoms with E-state index in [2.05, 4.69) is 10.3 Å². The normalized spacial score (nSPS) is 21.2. The van der Waals surface area contributed by atoms with Gasteiger partial charge in [0.1, 0.15) is 0 Å². The molecule has 1 aromatic carbocycles. The van der Waals surface area contributed by atoms with Gasteiger partial charge in [-0.05, 0) is 38.1 Å². The van der Waals surface area contributed by atoms with Crippen molar-refractivity contribution < 1.29 is 9.53 Å². The predicted octanol–water partition coefficient (Wildman–Crippen LogP) is 3.00. The van der Waals surface area contributed by atoms with Crippen LogP contribution in [0.3, 0.4) is 0 Å². The summed E-state index contributed by atoms with van der Waals surface area (Å²) in [5.74, 6) is 0.0676. The lowest BCUT2D eigenvalue weighted by Gasteiger charge is -2.35. The van der Waals surface area contributed by atoms with Crippen molar-refractivity contribution in [3.05, 3.63) is 46.4 Å². The highest BCUT2D eigenvalue weighted by Gasteiger charge is 2.26. The Labute approximate surface area is 140 Å². The van der Waals surface area contributed by atoms with Crippen LogP contribution in [0, 0.1) is 0 Å². The SMILES string of the molecule is C[C@H]1CN(C(=O)c2ccc(NCc3cscn3)cc2)C[C@H](C)O1. The molecule has 2 heterocycles. The van der Waals surface area contributed by atoms with Crippen molar-refractivity contribution in [2.75, 3.05) is 18.4 Å². The Morgan fingerprint density at radius 3 is 2.61 bits per heavy atom. The van der Waals surface area contributed by atoms with Crippen molar-refractivity contribution in [2.24, 2.45) is 0 Å². The van der Waals surface area contributed by atoms with E-state index < -0.39 is 0 Å². The number of aromatic nitrogens is 1. The fraction of sp³-hybridized carbons (Fsp3) is 0.412. The van der Waals surface area contributed by atoms with E-state index in [9.17, 15) is 4.79 Å². The van der Waals surface area contributed by atoms with E-state index in [1.54, 1.807) is 11.3 Å². The van der Waals surface area contributed by atoms with Crippen LogP contribution in [0.1, 0.15) is 29.9 Å². The van der Waals surface area contributed by atoms with Crippen LogP contribution in [0.2, 0.25) is 0 Å². The lowest BCUT2D eigenvalue weighted by molar-refractivity contribution is -0.0586. The lowest BCUT2D eigenvalue weighted by Crippen LogP contribution is -2.48. The number of benzene rings is 1. The maximum absolute atomic E-state index is 12.6. The van der Waals surface area contributed by atoms with E-state index in [1.165, 1.54) is 0 Å². The van der Waals surface area contributed by atoms with Crippen LogP contribution in [-0.4, -0.2) is 41.1 Å². The fourth-order valence-corrected chi connectivity index (χ4v) is 3.33. The quantitative estimate of drug-likeness (QED) is 0.936. The van der Waals surface area contributed by atoms with Crippen LogP contribution in [0.5, 0.6) is 0 Å². The van der Waals surface area contributed by atoms with Crippen LogP contribution in [-0.2, 0) is 11.3 Å². The minimum absolute atomic E-state index is 0.0676. The molecule has 3 rings (SSSR count).